The number of primary amides is 1. The predicted octanol–water partition coefficient (Wildman–Crippen LogP) is -3.05. The van der Waals surface area contributed by atoms with Crippen LogP contribution in [0.1, 0.15) is 0 Å². The van der Waals surface area contributed by atoms with Crippen LogP contribution in [-0.4, -0.2) is 35.8 Å². The first-order valence-corrected chi connectivity index (χ1v) is 4.03. The van der Waals surface area contributed by atoms with Crippen molar-refractivity contribution >= 4 is 6.03 Å². The molecule has 1 aliphatic heterocycles. The topological polar surface area (TPSA) is 58.4 Å². The Hall–Kier alpha value is -1.20. The molecule has 1 rings (SSSR count). The number of urea groups is 1. The highest BCUT2D eigenvalue weighted by molar-refractivity contribution is 5.70. The van der Waals surface area contributed by atoms with Gasteiger partial charge in [-0.1, -0.05) is 6.58 Å². The SMILES string of the molecule is C=CC[N+]1(NC(N)=O)C=CN(C)C1.[Cl-]. The number of rotatable bonds is 3. The lowest BCUT2D eigenvalue weighted by molar-refractivity contribution is -0.909. The Morgan fingerprint density at radius 1 is 1.86 bits per heavy atom. The van der Waals surface area contributed by atoms with Crippen molar-refractivity contribution < 1.29 is 21.8 Å². The monoisotopic (exact) mass is 218 g/mol. The molecule has 0 spiro atoms. The summed E-state index contributed by atoms with van der Waals surface area (Å²) in [4.78, 5) is 12.7. The summed E-state index contributed by atoms with van der Waals surface area (Å²) in [6.07, 6.45) is 5.53. The second-order valence-electron chi connectivity index (χ2n) is 3.18. The standard InChI is InChI=1S/C8H14N4O.ClH/c1-3-5-12(10-8(9)13)6-4-11(2)7-12;/h3-4,6H,1,5,7H2,2H3,(H2-,9,10,13);1H. The van der Waals surface area contributed by atoms with Gasteiger partial charge in [-0.05, 0) is 6.08 Å². The molecule has 6 heteroatoms. The van der Waals surface area contributed by atoms with E-state index in [2.05, 4.69) is 12.0 Å². The van der Waals surface area contributed by atoms with Gasteiger partial charge in [0.1, 0.15) is 12.7 Å². The van der Waals surface area contributed by atoms with Gasteiger partial charge in [0, 0.05) is 7.05 Å². The van der Waals surface area contributed by atoms with Crippen molar-refractivity contribution in [1.82, 2.24) is 10.3 Å². The van der Waals surface area contributed by atoms with E-state index in [1.807, 2.05) is 24.3 Å². The number of nitrogens with zero attached hydrogens (tertiary/aromatic N) is 2. The number of nitrogens with one attached hydrogen (secondary N) is 1. The van der Waals surface area contributed by atoms with Gasteiger partial charge in [-0.25, -0.2) is 4.79 Å². The minimum Gasteiger partial charge on any atom is -1.00 e. The summed E-state index contributed by atoms with van der Waals surface area (Å²) in [6.45, 7) is 4.95. The van der Waals surface area contributed by atoms with Crippen molar-refractivity contribution in [2.24, 2.45) is 5.73 Å². The molecule has 0 aromatic rings. The Balaban J connectivity index is 0.00000169. The highest BCUT2D eigenvalue weighted by atomic mass is 35.5. The summed E-state index contributed by atoms with van der Waals surface area (Å²) < 4.78 is 0.315. The third-order valence-corrected chi connectivity index (χ3v) is 1.87. The van der Waals surface area contributed by atoms with Gasteiger partial charge >= 0.3 is 6.03 Å². The molecule has 1 atom stereocenters. The Morgan fingerprint density at radius 3 is 2.86 bits per heavy atom. The molecule has 0 saturated heterocycles. The van der Waals surface area contributed by atoms with E-state index in [0.29, 0.717) is 17.8 Å². The van der Waals surface area contributed by atoms with Crippen LogP contribution in [-0.2, 0) is 0 Å². The van der Waals surface area contributed by atoms with Crippen LogP contribution < -0.4 is 23.6 Å². The van der Waals surface area contributed by atoms with Crippen LogP contribution in [0.5, 0.6) is 0 Å². The molecule has 14 heavy (non-hydrogen) atoms. The first-order chi connectivity index (χ1) is 6.08. The summed E-state index contributed by atoms with van der Waals surface area (Å²) in [5, 5.41) is 0. The van der Waals surface area contributed by atoms with E-state index in [1.54, 1.807) is 6.08 Å². The number of halogens is 1. The average molecular weight is 219 g/mol. The molecule has 0 bridgehead atoms. The molecule has 80 valence electrons. The van der Waals surface area contributed by atoms with Gasteiger partial charge in [-0.15, -0.1) is 0 Å². The van der Waals surface area contributed by atoms with Gasteiger partial charge in [0.15, 0.2) is 6.67 Å². The Labute approximate surface area is 89.8 Å². The van der Waals surface area contributed by atoms with E-state index < -0.39 is 6.03 Å². The van der Waals surface area contributed by atoms with Gasteiger partial charge in [-0.3, -0.25) is 0 Å². The second-order valence-corrected chi connectivity index (χ2v) is 3.18. The molecular formula is C8H15ClN4O. The summed E-state index contributed by atoms with van der Waals surface area (Å²) in [5.41, 5.74) is 7.74. The first kappa shape index (κ1) is 12.8. The van der Waals surface area contributed by atoms with Crippen molar-refractivity contribution in [3.63, 3.8) is 0 Å². The zero-order chi connectivity index (χ0) is 9.90. The van der Waals surface area contributed by atoms with E-state index in [0.717, 1.165) is 0 Å². The summed E-state index contributed by atoms with van der Waals surface area (Å²) in [6, 6.07) is -0.526. The van der Waals surface area contributed by atoms with E-state index in [-0.39, 0.29) is 12.4 Å². The molecule has 0 aromatic carbocycles. The molecule has 0 aliphatic carbocycles. The molecule has 3 N–H and O–H groups in total. The number of carbonyl (C=O) groups excluding carboxylic acids is 1. The normalized spacial score (nSPS) is 24.2. The van der Waals surface area contributed by atoms with Crippen LogP contribution in [0.15, 0.2) is 25.1 Å². The minimum atomic E-state index is -0.526. The van der Waals surface area contributed by atoms with Gasteiger partial charge < -0.3 is 23.0 Å². The van der Waals surface area contributed by atoms with E-state index >= 15 is 0 Å². The first-order valence-electron chi connectivity index (χ1n) is 4.03. The van der Waals surface area contributed by atoms with Gasteiger partial charge in [0.25, 0.3) is 0 Å². The van der Waals surface area contributed by atoms with Gasteiger partial charge in [0.2, 0.25) is 0 Å². The van der Waals surface area contributed by atoms with Crippen LogP contribution in [0, 0.1) is 0 Å². The van der Waals surface area contributed by atoms with Crippen LogP contribution in [0.4, 0.5) is 4.79 Å². The lowest BCUT2D eigenvalue weighted by atomic mass is 10.5. The van der Waals surface area contributed by atoms with E-state index in [9.17, 15) is 4.79 Å². The Kier molecular flexibility index (Phi) is 4.46. The highest BCUT2D eigenvalue weighted by Gasteiger charge is 2.31. The third-order valence-electron chi connectivity index (χ3n) is 1.87. The van der Waals surface area contributed by atoms with Crippen LogP contribution >= 0.6 is 0 Å². The molecular weight excluding hydrogens is 204 g/mol. The third kappa shape index (κ3) is 2.93. The number of quaternary nitrogens is 1. The van der Waals surface area contributed by atoms with Crippen LogP contribution in [0.3, 0.4) is 0 Å². The van der Waals surface area contributed by atoms with Crippen LogP contribution in [0.2, 0.25) is 0 Å². The smallest absolute Gasteiger partial charge is 0.356 e. The zero-order valence-electron chi connectivity index (χ0n) is 8.11. The maximum absolute atomic E-state index is 10.8. The number of hydrogen-bond acceptors (Lipinski definition) is 2. The van der Waals surface area contributed by atoms with Crippen molar-refractivity contribution in [2.45, 2.75) is 0 Å². The fraction of sp³-hybridized carbons (Fsp3) is 0.375. The van der Waals surface area contributed by atoms with E-state index in [1.165, 1.54) is 0 Å². The van der Waals surface area contributed by atoms with Gasteiger partial charge in [-0.2, -0.15) is 10.0 Å². The van der Waals surface area contributed by atoms with Crippen LogP contribution in [0.25, 0.3) is 0 Å². The van der Waals surface area contributed by atoms with E-state index in [4.69, 9.17) is 5.73 Å². The molecule has 0 radical (unpaired) electrons. The van der Waals surface area contributed by atoms with Gasteiger partial charge in [0.05, 0.1) is 6.20 Å². The maximum Gasteiger partial charge on any atom is 0.356 e. The maximum atomic E-state index is 10.8. The summed E-state index contributed by atoms with van der Waals surface area (Å²) in [5.74, 6) is 0. The summed E-state index contributed by atoms with van der Waals surface area (Å²) >= 11 is 0. The number of amides is 2. The van der Waals surface area contributed by atoms with Crippen molar-refractivity contribution in [2.75, 3.05) is 20.3 Å². The summed E-state index contributed by atoms with van der Waals surface area (Å²) in [7, 11) is 1.93. The number of hydrogen-bond donors (Lipinski definition) is 2. The Bertz CT molecular complexity index is 256. The molecule has 0 aromatic heterocycles. The lowest BCUT2D eigenvalue weighted by Gasteiger charge is -2.29. The fourth-order valence-electron chi connectivity index (χ4n) is 1.42. The molecule has 0 fully saturated rings. The van der Waals surface area contributed by atoms with Crippen molar-refractivity contribution in [3.8, 4) is 0 Å². The minimum absolute atomic E-state index is 0. The molecule has 0 saturated carbocycles. The number of carbonyl (C=O) groups is 1. The Morgan fingerprint density at radius 2 is 2.50 bits per heavy atom. The molecule has 1 heterocycles. The molecule has 1 unspecified atom stereocenters. The van der Waals surface area contributed by atoms with Crippen molar-refractivity contribution in [1.29, 1.82) is 0 Å². The number of nitrogens with two attached hydrogens (primary N) is 1. The average Bonchev–Trinajstić information content (AvgIpc) is 2.31. The molecule has 5 nitrogen and oxygen atoms in total. The largest absolute Gasteiger partial charge is 1.00 e. The molecule has 1 aliphatic rings. The zero-order valence-corrected chi connectivity index (χ0v) is 8.87. The molecule has 2 amide bonds. The second kappa shape index (κ2) is 4.88. The fourth-order valence-corrected chi connectivity index (χ4v) is 1.42. The highest BCUT2D eigenvalue weighted by Crippen LogP contribution is 2.12. The predicted molar refractivity (Wildman–Crippen MR) is 49.8 cm³/mol. The van der Waals surface area contributed by atoms with Crippen molar-refractivity contribution in [3.05, 3.63) is 25.1 Å². The quantitative estimate of drug-likeness (QED) is 0.391. The lowest BCUT2D eigenvalue weighted by Crippen LogP contribution is -3.00.